The van der Waals surface area contributed by atoms with Crippen molar-refractivity contribution in [2.45, 2.75) is 26.3 Å². The molecule has 0 unspecified atom stereocenters. The highest BCUT2D eigenvalue weighted by molar-refractivity contribution is 9.10. The summed E-state index contributed by atoms with van der Waals surface area (Å²) in [6.45, 7) is 4.16. The molecule has 1 aromatic carbocycles. The van der Waals surface area contributed by atoms with E-state index in [0.717, 1.165) is 15.6 Å². The van der Waals surface area contributed by atoms with E-state index in [2.05, 4.69) is 15.9 Å². The summed E-state index contributed by atoms with van der Waals surface area (Å²) in [6.07, 6.45) is 0.213. The van der Waals surface area contributed by atoms with Crippen molar-refractivity contribution in [1.82, 2.24) is 0 Å². The maximum Gasteiger partial charge on any atom is 0.307 e. The van der Waals surface area contributed by atoms with Crippen LogP contribution in [0.25, 0.3) is 0 Å². The Balaban J connectivity index is 2.76. The zero-order chi connectivity index (χ0) is 12.1. The van der Waals surface area contributed by atoms with Crippen LogP contribution in [0.3, 0.4) is 0 Å². The highest BCUT2D eigenvalue weighted by atomic mass is 79.9. The van der Waals surface area contributed by atoms with Crippen LogP contribution >= 0.6 is 15.9 Å². The Morgan fingerprint density at radius 3 is 2.88 bits per heavy atom. The lowest BCUT2D eigenvalue weighted by Gasteiger charge is -2.14. The molecule has 2 N–H and O–H groups in total. The summed E-state index contributed by atoms with van der Waals surface area (Å²) in [6, 6.07) is 5.57. The van der Waals surface area contributed by atoms with Gasteiger partial charge in [-0.15, -0.1) is 0 Å². The molecule has 88 valence electrons. The van der Waals surface area contributed by atoms with Crippen LogP contribution in [0.2, 0.25) is 0 Å². The Morgan fingerprint density at radius 2 is 2.25 bits per heavy atom. The molecule has 0 bridgehead atoms. The second-order valence-corrected chi connectivity index (χ2v) is 4.53. The van der Waals surface area contributed by atoms with Crippen molar-refractivity contribution >= 4 is 21.9 Å². The minimum absolute atomic E-state index is 0.213. The number of halogens is 1. The molecule has 0 radical (unpaired) electrons. The molecule has 4 heteroatoms. The summed E-state index contributed by atoms with van der Waals surface area (Å²) >= 11 is 3.39. The van der Waals surface area contributed by atoms with Gasteiger partial charge in [-0.05, 0) is 37.1 Å². The van der Waals surface area contributed by atoms with Gasteiger partial charge in [-0.1, -0.05) is 22.0 Å². The SMILES string of the molecule is CCOC(=O)C[C@H](N)c1cc(Br)ccc1C. The number of ether oxygens (including phenoxy) is 1. The van der Waals surface area contributed by atoms with Gasteiger partial charge >= 0.3 is 5.97 Å². The summed E-state index contributed by atoms with van der Waals surface area (Å²) in [7, 11) is 0. The molecule has 0 amide bonds. The van der Waals surface area contributed by atoms with E-state index in [-0.39, 0.29) is 18.4 Å². The third-order valence-electron chi connectivity index (χ3n) is 2.33. The van der Waals surface area contributed by atoms with Crippen LogP contribution < -0.4 is 5.73 Å². The van der Waals surface area contributed by atoms with Gasteiger partial charge in [-0.25, -0.2) is 0 Å². The van der Waals surface area contributed by atoms with Crippen molar-refractivity contribution in [1.29, 1.82) is 0 Å². The molecule has 16 heavy (non-hydrogen) atoms. The average molecular weight is 286 g/mol. The number of carbonyl (C=O) groups excluding carboxylic acids is 1. The standard InChI is InChI=1S/C12H16BrNO2/c1-3-16-12(15)7-11(14)10-6-9(13)5-4-8(10)2/h4-6,11H,3,7,14H2,1-2H3/t11-/m0/s1. The zero-order valence-corrected chi connectivity index (χ0v) is 11.1. The Labute approximate surface area is 104 Å². The Kier molecular flexibility index (Phi) is 4.96. The van der Waals surface area contributed by atoms with Crippen LogP contribution in [0, 0.1) is 6.92 Å². The first-order valence-electron chi connectivity index (χ1n) is 5.21. The number of benzene rings is 1. The molecular weight excluding hydrogens is 270 g/mol. The molecule has 1 aromatic rings. The molecule has 0 saturated heterocycles. The molecule has 0 heterocycles. The smallest absolute Gasteiger partial charge is 0.307 e. The third kappa shape index (κ3) is 3.61. The number of aryl methyl sites for hydroxylation is 1. The van der Waals surface area contributed by atoms with Gasteiger partial charge < -0.3 is 10.5 Å². The summed E-state index contributed by atoms with van der Waals surface area (Å²) in [4.78, 5) is 11.3. The molecular formula is C12H16BrNO2. The van der Waals surface area contributed by atoms with Gasteiger partial charge in [-0.3, -0.25) is 4.79 Å². The molecule has 0 fully saturated rings. The van der Waals surface area contributed by atoms with E-state index in [1.807, 2.05) is 25.1 Å². The summed E-state index contributed by atoms with van der Waals surface area (Å²) < 4.78 is 5.84. The maximum absolute atomic E-state index is 11.3. The van der Waals surface area contributed by atoms with Crippen molar-refractivity contribution in [2.75, 3.05) is 6.61 Å². The van der Waals surface area contributed by atoms with Crippen molar-refractivity contribution in [3.8, 4) is 0 Å². The van der Waals surface area contributed by atoms with Crippen LogP contribution in [0.5, 0.6) is 0 Å². The number of carbonyl (C=O) groups is 1. The van der Waals surface area contributed by atoms with E-state index in [9.17, 15) is 4.79 Å². The Bertz CT molecular complexity index is 379. The average Bonchev–Trinajstić information content (AvgIpc) is 2.21. The second-order valence-electron chi connectivity index (χ2n) is 3.62. The summed E-state index contributed by atoms with van der Waals surface area (Å²) in [5, 5.41) is 0. The summed E-state index contributed by atoms with van der Waals surface area (Å²) in [5.74, 6) is -0.255. The van der Waals surface area contributed by atoms with Crippen LogP contribution in [0.4, 0.5) is 0 Å². The molecule has 0 saturated carbocycles. The number of hydrogen-bond donors (Lipinski definition) is 1. The first-order chi connectivity index (χ1) is 7.54. The molecule has 0 spiro atoms. The normalized spacial score (nSPS) is 12.2. The van der Waals surface area contributed by atoms with Gasteiger partial charge in [0, 0.05) is 10.5 Å². The van der Waals surface area contributed by atoms with Gasteiger partial charge in [0.15, 0.2) is 0 Å². The molecule has 0 aromatic heterocycles. The quantitative estimate of drug-likeness (QED) is 0.866. The van der Waals surface area contributed by atoms with Gasteiger partial charge in [0.2, 0.25) is 0 Å². The van der Waals surface area contributed by atoms with Crippen LogP contribution in [-0.2, 0) is 9.53 Å². The monoisotopic (exact) mass is 285 g/mol. The van der Waals surface area contributed by atoms with Gasteiger partial charge in [-0.2, -0.15) is 0 Å². The predicted octanol–water partition coefficient (Wildman–Crippen LogP) is 2.71. The minimum atomic E-state index is -0.309. The largest absolute Gasteiger partial charge is 0.466 e. The zero-order valence-electron chi connectivity index (χ0n) is 9.50. The lowest BCUT2D eigenvalue weighted by molar-refractivity contribution is -0.143. The molecule has 0 aliphatic rings. The van der Waals surface area contributed by atoms with Crippen molar-refractivity contribution in [3.63, 3.8) is 0 Å². The fourth-order valence-corrected chi connectivity index (χ4v) is 1.90. The highest BCUT2D eigenvalue weighted by Crippen LogP contribution is 2.23. The Morgan fingerprint density at radius 1 is 1.56 bits per heavy atom. The van der Waals surface area contributed by atoms with Crippen LogP contribution in [-0.4, -0.2) is 12.6 Å². The predicted molar refractivity (Wildman–Crippen MR) is 67.1 cm³/mol. The third-order valence-corrected chi connectivity index (χ3v) is 2.83. The first-order valence-corrected chi connectivity index (χ1v) is 6.01. The lowest BCUT2D eigenvalue weighted by atomic mass is 10.00. The van der Waals surface area contributed by atoms with E-state index in [1.165, 1.54) is 0 Å². The number of rotatable bonds is 4. The van der Waals surface area contributed by atoms with Crippen molar-refractivity contribution < 1.29 is 9.53 Å². The highest BCUT2D eigenvalue weighted by Gasteiger charge is 2.14. The Hall–Kier alpha value is -0.870. The van der Waals surface area contributed by atoms with Gasteiger partial charge in [0.25, 0.3) is 0 Å². The molecule has 1 rings (SSSR count). The lowest BCUT2D eigenvalue weighted by Crippen LogP contribution is -2.18. The first kappa shape index (κ1) is 13.2. The fourth-order valence-electron chi connectivity index (χ4n) is 1.52. The number of nitrogens with two attached hydrogens (primary N) is 1. The second kappa shape index (κ2) is 6.01. The maximum atomic E-state index is 11.3. The van der Waals surface area contributed by atoms with E-state index < -0.39 is 0 Å². The van der Waals surface area contributed by atoms with Crippen molar-refractivity contribution in [2.24, 2.45) is 5.73 Å². The number of hydrogen-bond acceptors (Lipinski definition) is 3. The van der Waals surface area contributed by atoms with Crippen molar-refractivity contribution in [3.05, 3.63) is 33.8 Å². The topological polar surface area (TPSA) is 52.3 Å². The van der Waals surface area contributed by atoms with E-state index >= 15 is 0 Å². The van der Waals surface area contributed by atoms with Gasteiger partial charge in [0.05, 0.1) is 13.0 Å². The fraction of sp³-hybridized carbons (Fsp3) is 0.417. The van der Waals surface area contributed by atoms with Crippen LogP contribution in [0.15, 0.2) is 22.7 Å². The molecule has 3 nitrogen and oxygen atoms in total. The van der Waals surface area contributed by atoms with E-state index in [1.54, 1.807) is 6.92 Å². The minimum Gasteiger partial charge on any atom is -0.466 e. The summed E-state index contributed by atoms with van der Waals surface area (Å²) in [5.41, 5.74) is 8.03. The van der Waals surface area contributed by atoms with Gasteiger partial charge in [0.1, 0.15) is 0 Å². The molecule has 0 aliphatic heterocycles. The van der Waals surface area contributed by atoms with E-state index in [0.29, 0.717) is 6.61 Å². The number of esters is 1. The van der Waals surface area contributed by atoms with E-state index in [4.69, 9.17) is 10.5 Å². The van der Waals surface area contributed by atoms with Crippen LogP contribution in [0.1, 0.15) is 30.5 Å². The molecule has 0 aliphatic carbocycles. The molecule has 1 atom stereocenters.